The number of hydrogen-bond acceptors (Lipinski definition) is 3. The topological polar surface area (TPSA) is 48.1 Å². The van der Waals surface area contributed by atoms with Crippen molar-refractivity contribution in [1.29, 1.82) is 0 Å². The van der Waals surface area contributed by atoms with Gasteiger partial charge in [-0.15, -0.1) is 0 Å². The van der Waals surface area contributed by atoms with Crippen LogP contribution in [0.5, 0.6) is 5.75 Å². The SMILES string of the molecule is Nc1ccc(OCC2CC2)c2ccncc12. The van der Waals surface area contributed by atoms with Crippen LogP contribution in [0.3, 0.4) is 0 Å². The summed E-state index contributed by atoms with van der Waals surface area (Å²) in [5.74, 6) is 1.67. The average molecular weight is 214 g/mol. The molecule has 0 aliphatic heterocycles. The van der Waals surface area contributed by atoms with E-state index in [1.165, 1.54) is 12.8 Å². The Kier molecular flexibility index (Phi) is 2.17. The molecule has 1 aromatic carbocycles. The van der Waals surface area contributed by atoms with Gasteiger partial charge in [0.1, 0.15) is 5.75 Å². The van der Waals surface area contributed by atoms with E-state index in [-0.39, 0.29) is 0 Å². The minimum absolute atomic E-state index is 0.752. The van der Waals surface area contributed by atoms with Crippen LogP contribution in [-0.2, 0) is 0 Å². The minimum Gasteiger partial charge on any atom is -0.493 e. The van der Waals surface area contributed by atoms with E-state index in [2.05, 4.69) is 4.98 Å². The number of benzene rings is 1. The molecule has 0 bridgehead atoms. The number of aromatic nitrogens is 1. The summed E-state index contributed by atoms with van der Waals surface area (Å²) in [7, 11) is 0. The summed E-state index contributed by atoms with van der Waals surface area (Å²) >= 11 is 0. The number of nitrogen functional groups attached to an aromatic ring is 1. The quantitative estimate of drug-likeness (QED) is 0.799. The third-order valence-electron chi connectivity index (χ3n) is 2.98. The largest absolute Gasteiger partial charge is 0.493 e. The monoisotopic (exact) mass is 214 g/mol. The molecule has 3 nitrogen and oxygen atoms in total. The highest BCUT2D eigenvalue weighted by atomic mass is 16.5. The smallest absolute Gasteiger partial charge is 0.127 e. The molecule has 3 rings (SSSR count). The summed E-state index contributed by atoms with van der Waals surface area (Å²) in [6.07, 6.45) is 6.16. The fourth-order valence-electron chi connectivity index (χ4n) is 1.80. The van der Waals surface area contributed by atoms with E-state index in [9.17, 15) is 0 Å². The highest BCUT2D eigenvalue weighted by Crippen LogP contribution is 2.33. The number of fused-ring (bicyclic) bond motifs is 1. The van der Waals surface area contributed by atoms with Crippen molar-refractivity contribution in [2.45, 2.75) is 12.8 Å². The second-order valence-corrected chi connectivity index (χ2v) is 4.33. The minimum atomic E-state index is 0.752. The molecule has 0 saturated heterocycles. The van der Waals surface area contributed by atoms with E-state index in [0.29, 0.717) is 0 Å². The van der Waals surface area contributed by atoms with Gasteiger partial charge in [0.05, 0.1) is 6.61 Å². The molecule has 1 fully saturated rings. The van der Waals surface area contributed by atoms with Gasteiger partial charge in [-0.3, -0.25) is 4.98 Å². The van der Waals surface area contributed by atoms with E-state index < -0.39 is 0 Å². The summed E-state index contributed by atoms with van der Waals surface area (Å²) in [5.41, 5.74) is 6.65. The van der Waals surface area contributed by atoms with Crippen molar-refractivity contribution >= 4 is 16.5 Å². The van der Waals surface area contributed by atoms with Crippen molar-refractivity contribution < 1.29 is 4.74 Å². The van der Waals surface area contributed by atoms with Crippen molar-refractivity contribution in [2.75, 3.05) is 12.3 Å². The van der Waals surface area contributed by atoms with Crippen LogP contribution >= 0.6 is 0 Å². The van der Waals surface area contributed by atoms with Crippen molar-refractivity contribution in [1.82, 2.24) is 4.98 Å². The molecule has 0 spiro atoms. The van der Waals surface area contributed by atoms with Gasteiger partial charge in [0, 0.05) is 28.9 Å². The van der Waals surface area contributed by atoms with Crippen molar-refractivity contribution in [3.63, 3.8) is 0 Å². The summed E-state index contributed by atoms with van der Waals surface area (Å²) in [5, 5.41) is 2.02. The lowest BCUT2D eigenvalue weighted by Crippen LogP contribution is -2.00. The number of nitrogens with zero attached hydrogens (tertiary/aromatic N) is 1. The van der Waals surface area contributed by atoms with Crippen LogP contribution in [0.4, 0.5) is 5.69 Å². The number of hydrogen-bond donors (Lipinski definition) is 1. The zero-order valence-electron chi connectivity index (χ0n) is 9.02. The molecule has 1 aliphatic carbocycles. The molecule has 2 N–H and O–H groups in total. The van der Waals surface area contributed by atoms with Crippen LogP contribution < -0.4 is 10.5 Å². The zero-order valence-corrected chi connectivity index (χ0v) is 9.02. The number of anilines is 1. The molecular formula is C13H14N2O. The maximum atomic E-state index is 5.90. The van der Waals surface area contributed by atoms with Gasteiger partial charge in [-0.2, -0.15) is 0 Å². The number of ether oxygens (including phenoxy) is 1. The van der Waals surface area contributed by atoms with Crippen LogP contribution in [-0.4, -0.2) is 11.6 Å². The molecule has 0 radical (unpaired) electrons. The van der Waals surface area contributed by atoms with Gasteiger partial charge in [-0.05, 0) is 37.0 Å². The first kappa shape index (κ1) is 9.46. The molecule has 0 atom stereocenters. The van der Waals surface area contributed by atoms with E-state index in [4.69, 9.17) is 10.5 Å². The normalized spacial score (nSPS) is 15.2. The van der Waals surface area contributed by atoms with E-state index in [1.54, 1.807) is 12.4 Å². The molecular weight excluding hydrogens is 200 g/mol. The predicted octanol–water partition coefficient (Wildman–Crippen LogP) is 2.61. The van der Waals surface area contributed by atoms with Crippen LogP contribution in [0.15, 0.2) is 30.6 Å². The fourth-order valence-corrected chi connectivity index (χ4v) is 1.80. The number of rotatable bonds is 3. The van der Waals surface area contributed by atoms with Gasteiger partial charge in [-0.1, -0.05) is 0 Å². The molecule has 3 heteroatoms. The summed E-state index contributed by atoms with van der Waals surface area (Å²) < 4.78 is 5.81. The Morgan fingerprint density at radius 1 is 1.25 bits per heavy atom. The van der Waals surface area contributed by atoms with Crippen LogP contribution in [0.1, 0.15) is 12.8 Å². The van der Waals surface area contributed by atoms with Gasteiger partial charge >= 0.3 is 0 Å². The Morgan fingerprint density at radius 2 is 2.12 bits per heavy atom. The Labute approximate surface area is 94.2 Å². The Balaban J connectivity index is 1.99. The van der Waals surface area contributed by atoms with E-state index in [1.807, 2.05) is 18.2 Å². The average Bonchev–Trinajstić information content (AvgIpc) is 3.13. The summed E-state index contributed by atoms with van der Waals surface area (Å²) in [6, 6.07) is 5.78. The first-order valence-electron chi connectivity index (χ1n) is 5.59. The lowest BCUT2D eigenvalue weighted by Gasteiger charge is -2.09. The first-order valence-corrected chi connectivity index (χ1v) is 5.59. The zero-order chi connectivity index (χ0) is 11.0. The number of pyridine rings is 1. The molecule has 1 saturated carbocycles. The van der Waals surface area contributed by atoms with Crippen LogP contribution in [0.25, 0.3) is 10.8 Å². The van der Waals surface area contributed by atoms with Crippen molar-refractivity contribution in [3.8, 4) is 5.75 Å². The second-order valence-electron chi connectivity index (χ2n) is 4.33. The standard InChI is InChI=1S/C13H14N2O/c14-12-3-4-13(16-8-9-1-2-9)10-5-6-15-7-11(10)12/h3-7,9H,1-2,8,14H2. The maximum absolute atomic E-state index is 5.90. The van der Waals surface area contributed by atoms with E-state index in [0.717, 1.165) is 34.7 Å². The lowest BCUT2D eigenvalue weighted by atomic mass is 10.1. The Hall–Kier alpha value is -1.77. The van der Waals surface area contributed by atoms with Gasteiger partial charge in [0.25, 0.3) is 0 Å². The summed E-state index contributed by atoms with van der Waals surface area (Å²) in [4.78, 5) is 4.09. The third-order valence-corrected chi connectivity index (χ3v) is 2.98. The third kappa shape index (κ3) is 1.69. The molecule has 2 aromatic rings. The molecule has 1 heterocycles. The second kappa shape index (κ2) is 3.67. The Bertz CT molecular complexity index is 520. The highest BCUT2D eigenvalue weighted by Gasteiger charge is 2.22. The van der Waals surface area contributed by atoms with E-state index >= 15 is 0 Å². The van der Waals surface area contributed by atoms with Gasteiger partial charge in [0.2, 0.25) is 0 Å². The predicted molar refractivity (Wildman–Crippen MR) is 64.4 cm³/mol. The highest BCUT2D eigenvalue weighted by molar-refractivity contribution is 5.96. The van der Waals surface area contributed by atoms with Crippen LogP contribution in [0.2, 0.25) is 0 Å². The summed E-state index contributed by atoms with van der Waals surface area (Å²) in [6.45, 7) is 0.821. The van der Waals surface area contributed by atoms with Gasteiger partial charge in [-0.25, -0.2) is 0 Å². The molecule has 82 valence electrons. The van der Waals surface area contributed by atoms with Crippen molar-refractivity contribution in [2.24, 2.45) is 5.92 Å². The fraction of sp³-hybridized carbons (Fsp3) is 0.308. The van der Waals surface area contributed by atoms with Gasteiger partial charge < -0.3 is 10.5 Å². The van der Waals surface area contributed by atoms with Crippen LogP contribution in [0, 0.1) is 5.92 Å². The Morgan fingerprint density at radius 3 is 2.94 bits per heavy atom. The molecule has 0 amide bonds. The maximum Gasteiger partial charge on any atom is 0.127 e. The molecule has 1 aliphatic rings. The lowest BCUT2D eigenvalue weighted by molar-refractivity contribution is 0.303. The molecule has 0 unspecified atom stereocenters. The molecule has 16 heavy (non-hydrogen) atoms. The van der Waals surface area contributed by atoms with Gasteiger partial charge in [0.15, 0.2) is 0 Å². The molecule has 1 aromatic heterocycles. The first-order chi connectivity index (χ1) is 7.84. The van der Waals surface area contributed by atoms with Crippen molar-refractivity contribution in [3.05, 3.63) is 30.6 Å². The number of nitrogens with two attached hydrogens (primary N) is 1.